The van der Waals surface area contributed by atoms with E-state index in [1.165, 1.54) is 0 Å². The number of hydrogen-bond acceptors (Lipinski definition) is 4. The average molecular weight is 388 g/mol. The van der Waals surface area contributed by atoms with E-state index in [0.29, 0.717) is 0 Å². The van der Waals surface area contributed by atoms with Crippen molar-refractivity contribution in [2.24, 2.45) is 0 Å². The first-order valence-electron chi connectivity index (χ1n) is 9.36. The highest BCUT2D eigenvalue weighted by atomic mass is 16.5. The Labute approximate surface area is 168 Å². The molecule has 146 valence electrons. The maximum absolute atomic E-state index is 12.3. The Morgan fingerprint density at radius 3 is 2.24 bits per heavy atom. The lowest BCUT2D eigenvalue weighted by Crippen LogP contribution is -2.42. The highest BCUT2D eigenvalue weighted by Crippen LogP contribution is 2.44. The quantitative estimate of drug-likeness (QED) is 0.673. The Morgan fingerprint density at radius 1 is 1.00 bits per heavy atom. The summed E-state index contributed by atoms with van der Waals surface area (Å²) >= 11 is 0. The molecule has 1 unspecified atom stereocenters. The summed E-state index contributed by atoms with van der Waals surface area (Å²) in [7, 11) is 0. The number of nitrogens with one attached hydrogen (secondary N) is 1. The van der Waals surface area contributed by atoms with E-state index in [1.807, 2.05) is 36.4 Å². The van der Waals surface area contributed by atoms with Crippen molar-refractivity contribution in [2.45, 2.75) is 18.4 Å². The molecule has 0 spiro atoms. The van der Waals surface area contributed by atoms with Crippen LogP contribution in [0, 0.1) is 0 Å². The van der Waals surface area contributed by atoms with Gasteiger partial charge in [-0.05, 0) is 33.9 Å². The van der Waals surface area contributed by atoms with Crippen LogP contribution in [-0.4, -0.2) is 34.8 Å². The fraction of sp³-hybridized carbons (Fsp3) is 0.174. The Hall–Kier alpha value is -3.67. The molecular weight excluding hydrogens is 368 g/mol. The Balaban J connectivity index is 1.43. The van der Waals surface area contributed by atoms with Gasteiger partial charge in [-0.15, -0.1) is 0 Å². The zero-order valence-electron chi connectivity index (χ0n) is 15.6. The number of ether oxygens (including phenoxy) is 1. The van der Waals surface area contributed by atoms with Gasteiger partial charge in [-0.2, -0.15) is 0 Å². The van der Waals surface area contributed by atoms with E-state index >= 15 is 0 Å². The van der Waals surface area contributed by atoms with Crippen LogP contribution < -0.4 is 5.32 Å². The van der Waals surface area contributed by atoms with Gasteiger partial charge in [-0.25, -0.2) is 9.59 Å². The van der Waals surface area contributed by atoms with E-state index in [1.54, 1.807) is 24.5 Å². The molecule has 0 fully saturated rings. The lowest BCUT2D eigenvalue weighted by Gasteiger charge is -2.17. The number of amides is 1. The van der Waals surface area contributed by atoms with Crippen LogP contribution in [-0.2, 0) is 16.0 Å². The number of aliphatic carboxylic acids is 1. The zero-order chi connectivity index (χ0) is 20.2. The second-order valence-electron chi connectivity index (χ2n) is 6.93. The molecule has 0 bridgehead atoms. The van der Waals surface area contributed by atoms with Gasteiger partial charge in [0, 0.05) is 24.7 Å². The third-order valence-electron chi connectivity index (χ3n) is 5.10. The van der Waals surface area contributed by atoms with Crippen molar-refractivity contribution in [3.05, 3.63) is 89.7 Å². The minimum atomic E-state index is -1.12. The van der Waals surface area contributed by atoms with E-state index < -0.39 is 18.1 Å². The normalized spacial score (nSPS) is 13.2. The summed E-state index contributed by atoms with van der Waals surface area (Å²) in [5.41, 5.74) is 5.20. The molecule has 6 nitrogen and oxygen atoms in total. The minimum Gasteiger partial charge on any atom is -0.480 e. The number of hydrogen-bond donors (Lipinski definition) is 2. The summed E-state index contributed by atoms with van der Waals surface area (Å²) in [5.74, 6) is -1.20. The van der Waals surface area contributed by atoms with Gasteiger partial charge in [0.05, 0.1) is 0 Å². The summed E-state index contributed by atoms with van der Waals surface area (Å²) in [4.78, 5) is 27.8. The number of aromatic nitrogens is 1. The molecule has 2 aromatic carbocycles. The predicted octanol–water partition coefficient (Wildman–Crippen LogP) is 3.62. The third-order valence-corrected chi connectivity index (χ3v) is 5.10. The van der Waals surface area contributed by atoms with Crippen LogP contribution in [0.2, 0.25) is 0 Å². The van der Waals surface area contributed by atoms with Gasteiger partial charge in [-0.3, -0.25) is 4.98 Å². The highest BCUT2D eigenvalue weighted by molar-refractivity contribution is 5.81. The number of nitrogens with zero attached hydrogens (tertiary/aromatic N) is 1. The second kappa shape index (κ2) is 8.14. The molecule has 1 aliphatic rings. The van der Waals surface area contributed by atoms with Crippen molar-refractivity contribution < 1.29 is 19.4 Å². The minimum absolute atomic E-state index is 0.0743. The standard InChI is InChI=1S/C23H20N2O4/c26-22(27)21(12-15-6-5-11-24-13-15)25-23(28)29-14-20-18-9-3-1-7-16(18)17-8-2-4-10-19(17)20/h1-11,13,20-21H,12,14H2,(H,25,28)(H,26,27). The summed E-state index contributed by atoms with van der Waals surface area (Å²) in [5, 5.41) is 11.9. The van der Waals surface area contributed by atoms with E-state index in [9.17, 15) is 14.7 Å². The molecule has 0 saturated heterocycles. The molecule has 0 saturated carbocycles. The third kappa shape index (κ3) is 3.96. The number of rotatable bonds is 6. The Kier molecular flexibility index (Phi) is 5.24. The molecular formula is C23H20N2O4. The maximum atomic E-state index is 12.3. The fourth-order valence-electron chi connectivity index (χ4n) is 3.74. The maximum Gasteiger partial charge on any atom is 0.407 e. The molecule has 1 aliphatic carbocycles. The van der Waals surface area contributed by atoms with Crippen molar-refractivity contribution >= 4 is 12.1 Å². The molecule has 6 heteroatoms. The first-order chi connectivity index (χ1) is 14.1. The van der Waals surface area contributed by atoms with Gasteiger partial charge >= 0.3 is 12.1 Å². The number of carbonyl (C=O) groups is 2. The van der Waals surface area contributed by atoms with Crippen molar-refractivity contribution in [3.63, 3.8) is 0 Å². The number of carboxylic acid groups (broad SMARTS) is 1. The van der Waals surface area contributed by atoms with Crippen LogP contribution in [0.1, 0.15) is 22.6 Å². The van der Waals surface area contributed by atoms with Gasteiger partial charge in [0.2, 0.25) is 0 Å². The molecule has 3 aromatic rings. The molecule has 2 N–H and O–H groups in total. The van der Waals surface area contributed by atoms with Crippen molar-refractivity contribution in [1.82, 2.24) is 10.3 Å². The number of carboxylic acids is 1. The lowest BCUT2D eigenvalue weighted by molar-refractivity contribution is -0.139. The van der Waals surface area contributed by atoms with Crippen molar-refractivity contribution in [2.75, 3.05) is 6.61 Å². The van der Waals surface area contributed by atoms with Crippen LogP contribution in [0.5, 0.6) is 0 Å². The molecule has 1 atom stereocenters. The van der Waals surface area contributed by atoms with Crippen molar-refractivity contribution in [1.29, 1.82) is 0 Å². The molecule has 4 rings (SSSR count). The summed E-state index contributed by atoms with van der Waals surface area (Å²) in [6.45, 7) is 0.138. The average Bonchev–Trinajstić information content (AvgIpc) is 3.06. The summed E-state index contributed by atoms with van der Waals surface area (Å²) in [6.07, 6.45) is 2.57. The predicted molar refractivity (Wildman–Crippen MR) is 108 cm³/mol. The van der Waals surface area contributed by atoms with Gasteiger partial charge in [0.1, 0.15) is 12.6 Å². The van der Waals surface area contributed by atoms with Gasteiger partial charge in [-0.1, -0.05) is 54.6 Å². The number of benzene rings is 2. The molecule has 0 radical (unpaired) electrons. The zero-order valence-corrected chi connectivity index (χ0v) is 15.6. The largest absolute Gasteiger partial charge is 0.480 e. The number of alkyl carbamates (subject to hydrolysis) is 1. The smallest absolute Gasteiger partial charge is 0.407 e. The molecule has 1 amide bonds. The topological polar surface area (TPSA) is 88.5 Å². The van der Waals surface area contributed by atoms with Crippen LogP contribution in [0.25, 0.3) is 11.1 Å². The highest BCUT2D eigenvalue weighted by Gasteiger charge is 2.29. The first kappa shape index (κ1) is 18.7. The molecule has 1 aromatic heterocycles. The molecule has 29 heavy (non-hydrogen) atoms. The van der Waals surface area contributed by atoms with E-state index in [2.05, 4.69) is 22.4 Å². The van der Waals surface area contributed by atoms with E-state index in [4.69, 9.17) is 4.74 Å². The second-order valence-corrected chi connectivity index (χ2v) is 6.93. The number of pyridine rings is 1. The number of fused-ring (bicyclic) bond motifs is 3. The lowest BCUT2D eigenvalue weighted by atomic mass is 9.98. The van der Waals surface area contributed by atoms with Gasteiger partial charge < -0.3 is 15.2 Å². The van der Waals surface area contributed by atoms with E-state index in [-0.39, 0.29) is 18.9 Å². The van der Waals surface area contributed by atoms with Crippen LogP contribution in [0.3, 0.4) is 0 Å². The Morgan fingerprint density at radius 2 is 1.66 bits per heavy atom. The van der Waals surface area contributed by atoms with Crippen LogP contribution in [0.4, 0.5) is 4.79 Å². The number of carbonyl (C=O) groups excluding carboxylic acids is 1. The molecule has 0 aliphatic heterocycles. The van der Waals surface area contributed by atoms with Crippen LogP contribution in [0.15, 0.2) is 73.1 Å². The molecule has 1 heterocycles. The monoisotopic (exact) mass is 388 g/mol. The fourth-order valence-corrected chi connectivity index (χ4v) is 3.74. The SMILES string of the molecule is O=C(NC(Cc1cccnc1)C(=O)O)OCC1c2ccccc2-c2ccccc21. The van der Waals surface area contributed by atoms with Crippen molar-refractivity contribution in [3.8, 4) is 11.1 Å². The Bertz CT molecular complexity index is 990. The first-order valence-corrected chi connectivity index (χ1v) is 9.36. The van der Waals surface area contributed by atoms with E-state index in [0.717, 1.165) is 27.8 Å². The summed E-state index contributed by atoms with van der Waals surface area (Å²) < 4.78 is 5.43. The van der Waals surface area contributed by atoms with Crippen LogP contribution >= 0.6 is 0 Å². The summed E-state index contributed by atoms with van der Waals surface area (Å²) in [6, 6.07) is 18.5. The van der Waals surface area contributed by atoms with Gasteiger partial charge in [0.25, 0.3) is 0 Å². The van der Waals surface area contributed by atoms with Gasteiger partial charge in [0.15, 0.2) is 0 Å².